The molecule has 7 nitrogen and oxygen atoms in total. The molecule has 0 fully saturated rings. The van der Waals surface area contributed by atoms with E-state index in [-0.39, 0.29) is 5.75 Å². The summed E-state index contributed by atoms with van der Waals surface area (Å²) in [7, 11) is 0. The second-order valence-electron chi connectivity index (χ2n) is 9.50. The fourth-order valence-electron chi connectivity index (χ4n) is 4.21. The molecule has 1 aliphatic rings. The first kappa shape index (κ1) is 23.9. The summed E-state index contributed by atoms with van der Waals surface area (Å²) >= 11 is 7.75. The van der Waals surface area contributed by atoms with Gasteiger partial charge in [0.25, 0.3) is 5.56 Å². The van der Waals surface area contributed by atoms with Gasteiger partial charge in [0.05, 0.1) is 20.3 Å². The molecule has 0 aromatic carbocycles. The third-order valence-corrected chi connectivity index (χ3v) is 7.63. The van der Waals surface area contributed by atoms with E-state index < -0.39 is 40.1 Å². The molecule has 5 heterocycles. The van der Waals surface area contributed by atoms with Crippen LogP contribution in [0.3, 0.4) is 0 Å². The van der Waals surface area contributed by atoms with Crippen molar-refractivity contribution in [2.45, 2.75) is 58.1 Å². The molecule has 5 rings (SSSR count). The van der Waals surface area contributed by atoms with Gasteiger partial charge < -0.3 is 9.84 Å². The van der Waals surface area contributed by atoms with Gasteiger partial charge >= 0.3 is 0 Å². The van der Waals surface area contributed by atoms with Gasteiger partial charge in [0.15, 0.2) is 5.82 Å². The van der Waals surface area contributed by atoms with E-state index >= 15 is 0 Å². The van der Waals surface area contributed by atoms with E-state index in [0.29, 0.717) is 52.9 Å². The van der Waals surface area contributed by atoms with E-state index in [1.54, 1.807) is 31.5 Å². The maximum atomic E-state index is 14.3. The Labute approximate surface area is 229 Å². The van der Waals surface area contributed by atoms with Gasteiger partial charge in [-0.05, 0) is 51.2 Å². The normalized spacial score (nSPS) is 14.9. The Hall–Kier alpha value is -3.21. The first-order valence-corrected chi connectivity index (χ1v) is 13.2. The van der Waals surface area contributed by atoms with Gasteiger partial charge in [0.2, 0.25) is 0 Å². The number of halogens is 3. The molecule has 198 valence electrons. The molecule has 0 atom stereocenters. The molecule has 0 aliphatic carbocycles. The maximum absolute atomic E-state index is 14.3. The largest absolute Gasteiger partial charge is 0.485 e. The van der Waals surface area contributed by atoms with Crippen molar-refractivity contribution in [1.82, 2.24) is 19.5 Å². The highest BCUT2D eigenvalue weighted by atomic mass is 35.5. The highest BCUT2D eigenvalue weighted by Crippen LogP contribution is 2.32. The number of fused-ring (bicyclic) bond motifs is 3. The van der Waals surface area contributed by atoms with Gasteiger partial charge in [-0.1, -0.05) is 18.0 Å². The fourth-order valence-corrected chi connectivity index (χ4v) is 5.23. The van der Waals surface area contributed by atoms with E-state index in [1.807, 2.05) is 0 Å². The molecule has 4 aromatic rings. The third kappa shape index (κ3) is 5.34. The molecule has 1 N–H and O–H groups in total. The van der Waals surface area contributed by atoms with E-state index in [9.17, 15) is 18.7 Å². The standard InChI is InChI=1S/C27H25ClF2N4O3S/c1-27(2,36)26-33-21(14-38-26)19-10-22-15(11-31-19)6-4-3-5-7-17-9-23(24(28)25(35)34(17)22)37-13-20-18(30)8-16(29)12-32-20/h8-12,14,36H,3-7,13H2,1-2H3/i13D2. The first-order chi connectivity index (χ1) is 18.8. The molecular formula is C27H25ClF2N4O3S. The molecule has 0 spiro atoms. The van der Waals surface area contributed by atoms with Crippen molar-refractivity contribution in [2.75, 3.05) is 0 Å². The monoisotopic (exact) mass is 560 g/mol. The number of aromatic nitrogens is 4. The Kier molecular flexibility index (Phi) is 6.60. The van der Waals surface area contributed by atoms with Crippen molar-refractivity contribution in [3.8, 4) is 22.8 Å². The number of hydrogen-bond donors (Lipinski definition) is 1. The van der Waals surface area contributed by atoms with Crippen LogP contribution in [-0.4, -0.2) is 24.6 Å². The molecule has 0 radical (unpaired) electrons. The Morgan fingerprint density at radius 3 is 2.68 bits per heavy atom. The number of rotatable bonds is 5. The zero-order chi connectivity index (χ0) is 28.8. The Balaban J connectivity index is 1.62. The van der Waals surface area contributed by atoms with E-state index in [4.69, 9.17) is 19.1 Å². The summed E-state index contributed by atoms with van der Waals surface area (Å²) in [5.74, 6) is -2.48. The lowest BCUT2D eigenvalue weighted by atomic mass is 10.1. The second kappa shape index (κ2) is 10.5. The van der Waals surface area contributed by atoms with Crippen molar-refractivity contribution in [3.05, 3.63) is 84.9 Å². The van der Waals surface area contributed by atoms with Crippen LogP contribution >= 0.6 is 22.9 Å². The first-order valence-electron chi connectivity index (χ1n) is 13.0. The van der Waals surface area contributed by atoms with E-state index in [1.165, 1.54) is 22.0 Å². The lowest BCUT2D eigenvalue weighted by Gasteiger charge is -2.18. The number of nitrogens with zero attached hydrogens (tertiary/aromatic N) is 4. The molecule has 11 heteroatoms. The fraction of sp³-hybridized carbons (Fsp3) is 0.333. The summed E-state index contributed by atoms with van der Waals surface area (Å²) in [4.78, 5) is 26.3. The van der Waals surface area contributed by atoms with Gasteiger partial charge in [-0.15, -0.1) is 11.3 Å². The molecule has 0 amide bonds. The van der Waals surface area contributed by atoms with Crippen LogP contribution in [0.5, 0.6) is 5.75 Å². The SMILES string of the molecule is [2H]C([2H])(Oc1cc2n(c(=O)c1Cl)-c1cc(-c3csc(C(C)(C)O)n3)ncc1CCCCC2)c1ncc(F)cc1F. The molecule has 1 aliphatic heterocycles. The van der Waals surface area contributed by atoms with Crippen LogP contribution in [0.15, 0.2) is 40.8 Å². The number of ether oxygens (including phenoxy) is 1. The molecular weight excluding hydrogens is 534 g/mol. The molecule has 38 heavy (non-hydrogen) atoms. The van der Waals surface area contributed by atoms with Crippen molar-refractivity contribution in [2.24, 2.45) is 0 Å². The average molecular weight is 561 g/mol. The Morgan fingerprint density at radius 1 is 1.16 bits per heavy atom. The highest BCUT2D eigenvalue weighted by Gasteiger charge is 2.23. The van der Waals surface area contributed by atoms with Crippen LogP contribution in [0.1, 0.15) is 57.8 Å². The van der Waals surface area contributed by atoms with Crippen LogP contribution in [0.2, 0.25) is 5.02 Å². The highest BCUT2D eigenvalue weighted by molar-refractivity contribution is 7.10. The van der Waals surface area contributed by atoms with Gasteiger partial charge in [0, 0.05) is 29.4 Å². The summed E-state index contributed by atoms with van der Waals surface area (Å²) in [6, 6.07) is 3.72. The second-order valence-corrected chi connectivity index (χ2v) is 10.7. The molecule has 0 unspecified atom stereocenters. The lowest BCUT2D eigenvalue weighted by Crippen LogP contribution is -2.24. The zero-order valence-electron chi connectivity index (χ0n) is 22.6. The van der Waals surface area contributed by atoms with Crippen LogP contribution in [-0.2, 0) is 25.0 Å². The predicted octanol–water partition coefficient (Wildman–Crippen LogP) is 5.76. The van der Waals surface area contributed by atoms with E-state index in [2.05, 4.69) is 15.0 Å². The van der Waals surface area contributed by atoms with Crippen molar-refractivity contribution < 1.29 is 21.4 Å². The minimum absolute atomic E-state index is 0.280. The van der Waals surface area contributed by atoms with Crippen LogP contribution in [0, 0.1) is 11.6 Å². The molecule has 4 aromatic heterocycles. The summed E-state index contributed by atoms with van der Waals surface area (Å²) in [5.41, 5.74) is 0.424. The molecule has 0 saturated carbocycles. The third-order valence-electron chi connectivity index (χ3n) is 6.13. The summed E-state index contributed by atoms with van der Waals surface area (Å²) in [5, 5.41) is 12.2. The number of hydrogen-bond acceptors (Lipinski definition) is 7. The zero-order valence-corrected chi connectivity index (χ0v) is 22.2. The van der Waals surface area contributed by atoms with E-state index in [0.717, 1.165) is 24.8 Å². The number of pyridine rings is 3. The molecule has 0 saturated heterocycles. The quantitative estimate of drug-likeness (QED) is 0.334. The van der Waals surface area contributed by atoms with Crippen LogP contribution in [0.25, 0.3) is 17.1 Å². The summed E-state index contributed by atoms with van der Waals surface area (Å²) in [6.45, 7) is 0.448. The predicted molar refractivity (Wildman–Crippen MR) is 141 cm³/mol. The van der Waals surface area contributed by atoms with Crippen LogP contribution in [0.4, 0.5) is 8.78 Å². The average Bonchev–Trinajstić information content (AvgIpc) is 3.40. The van der Waals surface area contributed by atoms with Crippen LogP contribution < -0.4 is 10.3 Å². The minimum atomic E-state index is -2.84. The number of thiazole rings is 1. The number of aliphatic hydroxyl groups is 1. The van der Waals surface area contributed by atoms with Gasteiger partial charge in [-0.25, -0.2) is 13.8 Å². The topological polar surface area (TPSA) is 90.1 Å². The maximum Gasteiger partial charge on any atom is 0.277 e. The Morgan fingerprint density at radius 2 is 1.95 bits per heavy atom. The van der Waals surface area contributed by atoms with Gasteiger partial charge in [-0.2, -0.15) is 0 Å². The molecule has 0 bridgehead atoms. The van der Waals surface area contributed by atoms with Gasteiger partial charge in [0.1, 0.15) is 45.1 Å². The van der Waals surface area contributed by atoms with Crippen molar-refractivity contribution in [1.29, 1.82) is 0 Å². The van der Waals surface area contributed by atoms with Crippen molar-refractivity contribution in [3.63, 3.8) is 0 Å². The minimum Gasteiger partial charge on any atom is -0.485 e. The Bertz CT molecular complexity index is 1660. The summed E-state index contributed by atoms with van der Waals surface area (Å²) < 4.78 is 51.0. The van der Waals surface area contributed by atoms with Crippen molar-refractivity contribution >= 4 is 22.9 Å². The van der Waals surface area contributed by atoms with Gasteiger partial charge in [-0.3, -0.25) is 19.3 Å². The lowest BCUT2D eigenvalue weighted by molar-refractivity contribution is 0.0783. The summed E-state index contributed by atoms with van der Waals surface area (Å²) in [6.07, 6.45) is 6.01. The smallest absolute Gasteiger partial charge is 0.277 e. The number of aryl methyl sites for hydroxylation is 2.